The van der Waals surface area contributed by atoms with Crippen LogP contribution in [-0.4, -0.2) is 20.6 Å². The van der Waals surface area contributed by atoms with Crippen molar-refractivity contribution in [3.05, 3.63) is 89.2 Å². The van der Waals surface area contributed by atoms with Gasteiger partial charge in [0.15, 0.2) is 0 Å². The molecule has 0 atom stereocenters. The Morgan fingerprint density at radius 2 is 1.89 bits per heavy atom. The summed E-state index contributed by atoms with van der Waals surface area (Å²) in [6.07, 6.45) is 1.78. The number of hydrogen-bond donors (Lipinski definition) is 1. The van der Waals surface area contributed by atoms with Crippen LogP contribution in [0.3, 0.4) is 0 Å². The highest BCUT2D eigenvalue weighted by molar-refractivity contribution is 6.31. The third-order valence-corrected chi connectivity index (χ3v) is 4.42. The van der Waals surface area contributed by atoms with E-state index in [2.05, 4.69) is 21.7 Å². The molecule has 0 saturated carbocycles. The predicted octanol–water partition coefficient (Wildman–Crippen LogP) is 5.23. The van der Waals surface area contributed by atoms with E-state index in [1.807, 2.05) is 24.3 Å². The van der Waals surface area contributed by atoms with Gasteiger partial charge in [0.1, 0.15) is 17.1 Å². The molecule has 4 rings (SSSR count). The molecule has 3 aromatic carbocycles. The Balaban J connectivity index is 1.63. The lowest BCUT2D eigenvalue weighted by molar-refractivity contribution is 0.0694. The van der Waals surface area contributed by atoms with Crippen LogP contribution in [0, 0.1) is 0 Å². The Kier molecular flexibility index (Phi) is 4.52. The summed E-state index contributed by atoms with van der Waals surface area (Å²) in [5.74, 6) is -0.354. The largest absolute Gasteiger partial charge is 0.478 e. The quantitative estimate of drug-likeness (QED) is 0.516. The zero-order valence-electron chi connectivity index (χ0n) is 14.2. The van der Waals surface area contributed by atoms with Crippen LogP contribution in [0.25, 0.3) is 11.0 Å². The van der Waals surface area contributed by atoms with Crippen LogP contribution in [0.15, 0.2) is 73.1 Å². The van der Waals surface area contributed by atoms with Gasteiger partial charge in [0, 0.05) is 17.6 Å². The lowest BCUT2D eigenvalue weighted by Gasteiger charge is -2.09. The average Bonchev–Trinajstić information content (AvgIpc) is 3.06. The molecule has 0 saturated heterocycles. The summed E-state index contributed by atoms with van der Waals surface area (Å²) in [5.41, 5.74) is 2.94. The third kappa shape index (κ3) is 3.64. The molecule has 0 aliphatic rings. The van der Waals surface area contributed by atoms with Gasteiger partial charge in [0.2, 0.25) is 0 Å². The predicted molar refractivity (Wildman–Crippen MR) is 104 cm³/mol. The summed E-state index contributed by atoms with van der Waals surface area (Å²) in [6.45, 7) is 0.720. The van der Waals surface area contributed by atoms with E-state index in [1.165, 1.54) is 11.6 Å². The number of aromatic carboxylic acids is 1. The SMILES string of the molecule is O=C(O)c1cc(Cl)ccc1Oc1ccc2c(c1)ncn2Cc1ccccc1. The summed E-state index contributed by atoms with van der Waals surface area (Å²) < 4.78 is 7.83. The molecule has 1 aromatic heterocycles. The monoisotopic (exact) mass is 378 g/mol. The minimum Gasteiger partial charge on any atom is -0.478 e. The van der Waals surface area contributed by atoms with Gasteiger partial charge in [0.05, 0.1) is 17.4 Å². The molecule has 0 amide bonds. The maximum atomic E-state index is 11.4. The molecule has 0 fully saturated rings. The Bertz CT molecular complexity index is 1120. The molecule has 0 aliphatic heterocycles. The van der Waals surface area contributed by atoms with Crippen LogP contribution in [0.2, 0.25) is 5.02 Å². The van der Waals surface area contributed by atoms with E-state index >= 15 is 0 Å². The van der Waals surface area contributed by atoms with Crippen LogP contribution >= 0.6 is 11.6 Å². The maximum Gasteiger partial charge on any atom is 0.339 e. The van der Waals surface area contributed by atoms with Crippen molar-refractivity contribution in [1.82, 2.24) is 9.55 Å². The fraction of sp³-hybridized carbons (Fsp3) is 0.0476. The normalized spacial score (nSPS) is 10.9. The maximum absolute atomic E-state index is 11.4. The fourth-order valence-electron chi connectivity index (χ4n) is 2.90. The van der Waals surface area contributed by atoms with Gasteiger partial charge in [-0.3, -0.25) is 0 Å². The van der Waals surface area contributed by atoms with Crippen molar-refractivity contribution in [3.8, 4) is 11.5 Å². The Morgan fingerprint density at radius 3 is 2.67 bits per heavy atom. The topological polar surface area (TPSA) is 64.3 Å². The minimum absolute atomic E-state index is 0.0113. The van der Waals surface area contributed by atoms with Gasteiger partial charge >= 0.3 is 5.97 Å². The second kappa shape index (κ2) is 7.13. The van der Waals surface area contributed by atoms with Gasteiger partial charge in [-0.1, -0.05) is 41.9 Å². The number of ether oxygens (including phenoxy) is 1. The second-order valence-electron chi connectivity index (χ2n) is 6.06. The van der Waals surface area contributed by atoms with Gasteiger partial charge in [-0.25, -0.2) is 9.78 Å². The smallest absolute Gasteiger partial charge is 0.339 e. The van der Waals surface area contributed by atoms with Gasteiger partial charge in [0.25, 0.3) is 0 Å². The van der Waals surface area contributed by atoms with Gasteiger partial charge in [-0.2, -0.15) is 0 Å². The summed E-state index contributed by atoms with van der Waals surface area (Å²) in [4.78, 5) is 15.8. The van der Waals surface area contributed by atoms with E-state index in [1.54, 1.807) is 30.6 Å². The Hall–Kier alpha value is -3.31. The number of imidazole rings is 1. The summed E-state index contributed by atoms with van der Waals surface area (Å²) in [7, 11) is 0. The van der Waals surface area contributed by atoms with Crippen molar-refractivity contribution >= 4 is 28.6 Å². The lowest BCUT2D eigenvalue weighted by Crippen LogP contribution is -2.00. The molecule has 1 N–H and O–H groups in total. The van der Waals surface area contributed by atoms with Gasteiger partial charge in [-0.05, 0) is 35.9 Å². The third-order valence-electron chi connectivity index (χ3n) is 4.19. The first-order chi connectivity index (χ1) is 13.1. The van der Waals surface area contributed by atoms with Crippen LogP contribution < -0.4 is 4.74 Å². The van der Waals surface area contributed by atoms with E-state index in [9.17, 15) is 9.90 Å². The van der Waals surface area contributed by atoms with Crippen molar-refractivity contribution in [2.45, 2.75) is 6.54 Å². The highest BCUT2D eigenvalue weighted by Crippen LogP contribution is 2.30. The molecule has 6 heteroatoms. The van der Waals surface area contributed by atoms with Crippen molar-refractivity contribution in [3.63, 3.8) is 0 Å². The fourth-order valence-corrected chi connectivity index (χ4v) is 3.07. The second-order valence-corrected chi connectivity index (χ2v) is 6.49. The molecule has 0 bridgehead atoms. The standard InChI is InChI=1S/C21H15ClN2O3/c22-15-6-9-20(17(10-15)21(25)26)27-16-7-8-19-18(11-16)23-13-24(19)12-14-4-2-1-3-5-14/h1-11,13H,12H2,(H,25,26). The summed E-state index contributed by atoms with van der Waals surface area (Å²) >= 11 is 5.88. The van der Waals surface area contributed by atoms with Gasteiger partial charge < -0.3 is 14.4 Å². The molecule has 134 valence electrons. The van der Waals surface area contributed by atoms with Crippen LogP contribution in [0.4, 0.5) is 0 Å². The van der Waals surface area contributed by atoms with E-state index in [0.29, 0.717) is 10.8 Å². The summed E-state index contributed by atoms with van der Waals surface area (Å²) in [6, 6.07) is 20.1. The molecule has 4 aromatic rings. The number of aromatic nitrogens is 2. The molecule has 5 nitrogen and oxygen atoms in total. The molecule has 1 heterocycles. The Labute approximate surface area is 160 Å². The van der Waals surface area contributed by atoms with E-state index in [0.717, 1.165) is 17.6 Å². The number of halogens is 1. The van der Waals surface area contributed by atoms with E-state index in [4.69, 9.17) is 16.3 Å². The van der Waals surface area contributed by atoms with Crippen molar-refractivity contribution in [2.24, 2.45) is 0 Å². The van der Waals surface area contributed by atoms with Crippen molar-refractivity contribution < 1.29 is 14.6 Å². The molecule has 0 radical (unpaired) electrons. The number of hydrogen-bond acceptors (Lipinski definition) is 3. The first kappa shape index (κ1) is 17.1. The zero-order chi connectivity index (χ0) is 18.8. The molecular weight excluding hydrogens is 364 g/mol. The number of nitrogens with zero attached hydrogens (tertiary/aromatic N) is 2. The van der Waals surface area contributed by atoms with Crippen LogP contribution in [0.5, 0.6) is 11.5 Å². The highest BCUT2D eigenvalue weighted by atomic mass is 35.5. The number of carbonyl (C=O) groups is 1. The van der Waals surface area contributed by atoms with E-state index < -0.39 is 5.97 Å². The number of rotatable bonds is 5. The van der Waals surface area contributed by atoms with E-state index in [-0.39, 0.29) is 11.3 Å². The Morgan fingerprint density at radius 1 is 1.07 bits per heavy atom. The summed E-state index contributed by atoms with van der Waals surface area (Å²) in [5, 5.41) is 9.67. The number of fused-ring (bicyclic) bond motifs is 1. The molecule has 27 heavy (non-hydrogen) atoms. The van der Waals surface area contributed by atoms with Crippen molar-refractivity contribution in [1.29, 1.82) is 0 Å². The average molecular weight is 379 g/mol. The van der Waals surface area contributed by atoms with Crippen molar-refractivity contribution in [2.75, 3.05) is 0 Å². The molecule has 0 unspecified atom stereocenters. The number of carboxylic acids is 1. The first-order valence-electron chi connectivity index (χ1n) is 8.30. The van der Waals surface area contributed by atoms with Gasteiger partial charge in [-0.15, -0.1) is 0 Å². The minimum atomic E-state index is -1.10. The number of carboxylic acid groups (broad SMARTS) is 1. The lowest BCUT2D eigenvalue weighted by atomic mass is 10.2. The molecule has 0 aliphatic carbocycles. The molecular formula is C21H15ClN2O3. The highest BCUT2D eigenvalue weighted by Gasteiger charge is 2.13. The number of benzene rings is 3. The molecule has 0 spiro atoms. The first-order valence-corrected chi connectivity index (χ1v) is 8.67. The zero-order valence-corrected chi connectivity index (χ0v) is 14.9. The van der Waals surface area contributed by atoms with Crippen LogP contribution in [0.1, 0.15) is 15.9 Å². The van der Waals surface area contributed by atoms with Crippen LogP contribution in [-0.2, 0) is 6.54 Å².